The summed E-state index contributed by atoms with van der Waals surface area (Å²) in [6.45, 7) is 2.33. The van der Waals surface area contributed by atoms with Gasteiger partial charge in [0.1, 0.15) is 0 Å². The van der Waals surface area contributed by atoms with Crippen LogP contribution in [0.4, 0.5) is 4.39 Å². The van der Waals surface area contributed by atoms with E-state index in [1.54, 1.807) is 6.07 Å². The highest BCUT2D eigenvalue weighted by Crippen LogP contribution is 2.19. The van der Waals surface area contributed by atoms with E-state index in [4.69, 9.17) is 4.74 Å². The number of ketones is 1. The van der Waals surface area contributed by atoms with E-state index >= 15 is 0 Å². The van der Waals surface area contributed by atoms with Gasteiger partial charge in [-0.3, -0.25) is 4.79 Å². The molecule has 1 atom stereocenters. The SMILES string of the molecule is COc1ccc(C(=O)C2CN(C)CCN2)cc1F. The van der Waals surface area contributed by atoms with Gasteiger partial charge >= 0.3 is 0 Å². The lowest BCUT2D eigenvalue weighted by molar-refractivity contribution is 0.0894. The van der Waals surface area contributed by atoms with Crippen molar-refractivity contribution >= 4 is 5.78 Å². The first kappa shape index (κ1) is 13.0. The number of methoxy groups -OCH3 is 1. The van der Waals surface area contributed by atoms with E-state index in [1.807, 2.05) is 7.05 Å². The molecule has 0 bridgehead atoms. The van der Waals surface area contributed by atoms with Gasteiger partial charge in [0.05, 0.1) is 13.2 Å². The van der Waals surface area contributed by atoms with E-state index in [0.717, 1.165) is 13.1 Å². The van der Waals surface area contributed by atoms with E-state index in [1.165, 1.54) is 19.2 Å². The number of carbonyl (C=O) groups is 1. The highest BCUT2D eigenvalue weighted by Gasteiger charge is 2.24. The Labute approximate surface area is 106 Å². The van der Waals surface area contributed by atoms with Crippen molar-refractivity contribution < 1.29 is 13.9 Å². The molecule has 1 aliphatic rings. The summed E-state index contributed by atoms with van der Waals surface area (Å²) in [6.07, 6.45) is 0. The maximum atomic E-state index is 13.5. The van der Waals surface area contributed by atoms with Crippen LogP contribution < -0.4 is 10.1 Å². The van der Waals surface area contributed by atoms with Gasteiger partial charge in [-0.2, -0.15) is 0 Å². The summed E-state index contributed by atoms with van der Waals surface area (Å²) in [5, 5.41) is 3.15. The average molecular weight is 252 g/mol. The van der Waals surface area contributed by atoms with Crippen molar-refractivity contribution in [2.45, 2.75) is 6.04 Å². The van der Waals surface area contributed by atoms with Crippen molar-refractivity contribution in [2.75, 3.05) is 33.8 Å². The first-order valence-corrected chi connectivity index (χ1v) is 5.91. The maximum Gasteiger partial charge on any atom is 0.181 e. The zero-order valence-corrected chi connectivity index (χ0v) is 10.6. The number of benzene rings is 1. The van der Waals surface area contributed by atoms with Gasteiger partial charge in [0.15, 0.2) is 17.3 Å². The summed E-state index contributed by atoms with van der Waals surface area (Å²) in [7, 11) is 3.37. The number of nitrogens with one attached hydrogen (secondary N) is 1. The van der Waals surface area contributed by atoms with Crippen LogP contribution in [0.2, 0.25) is 0 Å². The van der Waals surface area contributed by atoms with Crippen LogP contribution in [0, 0.1) is 5.82 Å². The van der Waals surface area contributed by atoms with Crippen molar-refractivity contribution in [3.05, 3.63) is 29.6 Å². The van der Waals surface area contributed by atoms with Gasteiger partial charge in [0.25, 0.3) is 0 Å². The topological polar surface area (TPSA) is 41.6 Å². The molecule has 1 fully saturated rings. The van der Waals surface area contributed by atoms with E-state index in [-0.39, 0.29) is 17.6 Å². The third kappa shape index (κ3) is 2.68. The Balaban J connectivity index is 2.15. The highest BCUT2D eigenvalue weighted by molar-refractivity contribution is 6.00. The number of nitrogens with zero attached hydrogens (tertiary/aromatic N) is 1. The van der Waals surface area contributed by atoms with Gasteiger partial charge in [0, 0.05) is 25.2 Å². The van der Waals surface area contributed by atoms with Gasteiger partial charge in [-0.25, -0.2) is 4.39 Å². The average Bonchev–Trinajstić information content (AvgIpc) is 2.37. The summed E-state index contributed by atoms with van der Waals surface area (Å²) in [6, 6.07) is 4.05. The van der Waals surface area contributed by atoms with Crippen molar-refractivity contribution in [2.24, 2.45) is 0 Å². The normalized spacial score (nSPS) is 20.7. The third-order valence-corrected chi connectivity index (χ3v) is 3.13. The Kier molecular flexibility index (Phi) is 3.93. The first-order chi connectivity index (χ1) is 8.61. The van der Waals surface area contributed by atoms with E-state index in [2.05, 4.69) is 10.2 Å². The second-order valence-electron chi connectivity index (χ2n) is 4.48. The zero-order valence-electron chi connectivity index (χ0n) is 10.6. The largest absolute Gasteiger partial charge is 0.494 e. The summed E-state index contributed by atoms with van der Waals surface area (Å²) in [5.41, 5.74) is 0.376. The van der Waals surface area contributed by atoms with Crippen molar-refractivity contribution in [3.8, 4) is 5.75 Å². The molecule has 0 saturated carbocycles. The minimum absolute atomic E-state index is 0.0805. The second-order valence-corrected chi connectivity index (χ2v) is 4.48. The molecule has 1 saturated heterocycles. The molecule has 0 aliphatic carbocycles. The van der Waals surface area contributed by atoms with E-state index in [0.29, 0.717) is 12.1 Å². The first-order valence-electron chi connectivity index (χ1n) is 5.91. The smallest absolute Gasteiger partial charge is 0.181 e. The summed E-state index contributed by atoms with van der Waals surface area (Å²) < 4.78 is 18.4. The number of piperazine rings is 1. The number of Topliss-reactive ketones (excluding diaryl/α,β-unsaturated/α-hetero) is 1. The summed E-state index contributed by atoms with van der Waals surface area (Å²) in [4.78, 5) is 14.3. The number of hydrogen-bond donors (Lipinski definition) is 1. The van der Waals surface area contributed by atoms with Crippen LogP contribution in [0.1, 0.15) is 10.4 Å². The fourth-order valence-corrected chi connectivity index (χ4v) is 2.09. The molecule has 0 amide bonds. The second kappa shape index (κ2) is 5.46. The van der Waals surface area contributed by atoms with Gasteiger partial charge in [-0.1, -0.05) is 0 Å². The molecule has 0 radical (unpaired) electrons. The molecule has 0 aromatic heterocycles. The van der Waals surface area contributed by atoms with Gasteiger partial charge in [0.2, 0.25) is 0 Å². The predicted molar refractivity (Wildman–Crippen MR) is 66.6 cm³/mol. The molecule has 4 nitrogen and oxygen atoms in total. The monoisotopic (exact) mass is 252 g/mol. The molecule has 18 heavy (non-hydrogen) atoms. The Morgan fingerprint density at radius 3 is 2.94 bits per heavy atom. The molecule has 1 aromatic rings. The fourth-order valence-electron chi connectivity index (χ4n) is 2.09. The van der Waals surface area contributed by atoms with Crippen LogP contribution in [0.25, 0.3) is 0 Å². The molecule has 1 aromatic carbocycles. The Hall–Kier alpha value is -1.46. The van der Waals surface area contributed by atoms with Gasteiger partial charge < -0.3 is 15.0 Å². The minimum atomic E-state index is -0.507. The number of ether oxygens (including phenoxy) is 1. The molecule has 1 aliphatic heterocycles. The molecule has 1 heterocycles. The van der Waals surface area contributed by atoms with E-state index < -0.39 is 5.82 Å². The van der Waals surface area contributed by atoms with Crippen LogP contribution in [0.3, 0.4) is 0 Å². The quantitative estimate of drug-likeness (QED) is 0.812. The molecule has 5 heteroatoms. The molecular weight excluding hydrogens is 235 g/mol. The Bertz CT molecular complexity index is 451. The standard InChI is InChI=1S/C13H17FN2O2/c1-16-6-5-15-11(8-16)13(17)9-3-4-12(18-2)10(14)7-9/h3-4,7,11,15H,5-6,8H2,1-2H3. The predicted octanol–water partition coefficient (Wildman–Crippen LogP) is 0.921. The fraction of sp³-hybridized carbons (Fsp3) is 0.462. The van der Waals surface area contributed by atoms with Crippen molar-refractivity contribution in [3.63, 3.8) is 0 Å². The molecule has 0 spiro atoms. The molecule has 2 rings (SSSR count). The number of halogens is 1. The van der Waals surface area contributed by atoms with Crippen LogP contribution >= 0.6 is 0 Å². The summed E-state index contributed by atoms with van der Waals surface area (Å²) >= 11 is 0. The van der Waals surface area contributed by atoms with Crippen LogP contribution in [0.15, 0.2) is 18.2 Å². The lowest BCUT2D eigenvalue weighted by Gasteiger charge is -2.29. The third-order valence-electron chi connectivity index (χ3n) is 3.13. The van der Waals surface area contributed by atoms with E-state index in [9.17, 15) is 9.18 Å². The molecule has 1 unspecified atom stereocenters. The number of carbonyl (C=O) groups excluding carboxylic acids is 1. The number of rotatable bonds is 3. The van der Waals surface area contributed by atoms with Crippen molar-refractivity contribution in [1.82, 2.24) is 10.2 Å². The van der Waals surface area contributed by atoms with Crippen LogP contribution in [-0.2, 0) is 0 Å². The lowest BCUT2D eigenvalue weighted by Crippen LogP contribution is -2.52. The zero-order chi connectivity index (χ0) is 13.1. The van der Waals surface area contributed by atoms with Crippen LogP contribution in [0.5, 0.6) is 5.75 Å². The Morgan fingerprint density at radius 2 is 2.33 bits per heavy atom. The van der Waals surface area contributed by atoms with Gasteiger partial charge in [-0.15, -0.1) is 0 Å². The van der Waals surface area contributed by atoms with Gasteiger partial charge in [-0.05, 0) is 25.2 Å². The lowest BCUT2D eigenvalue weighted by atomic mass is 10.0. The Morgan fingerprint density at radius 1 is 1.56 bits per heavy atom. The van der Waals surface area contributed by atoms with Crippen molar-refractivity contribution in [1.29, 1.82) is 0 Å². The number of hydrogen-bond acceptors (Lipinski definition) is 4. The van der Waals surface area contributed by atoms with Crippen LogP contribution in [-0.4, -0.2) is 50.5 Å². The maximum absolute atomic E-state index is 13.5. The summed E-state index contributed by atoms with van der Waals surface area (Å²) in [5.74, 6) is -0.434. The molecule has 98 valence electrons. The molecular formula is C13H17FN2O2. The number of likely N-dealkylation sites (N-methyl/N-ethyl adjacent to an activating group) is 1. The minimum Gasteiger partial charge on any atom is -0.494 e. The highest BCUT2D eigenvalue weighted by atomic mass is 19.1. The molecule has 1 N–H and O–H groups in total.